The Kier molecular flexibility index (Phi) is 5.78. The van der Waals surface area contributed by atoms with Crippen LogP contribution in [0.3, 0.4) is 0 Å². The van der Waals surface area contributed by atoms with Crippen molar-refractivity contribution in [2.45, 2.75) is 32.5 Å². The van der Waals surface area contributed by atoms with Crippen LogP contribution in [-0.4, -0.2) is 34.6 Å². The van der Waals surface area contributed by atoms with Crippen LogP contribution >= 0.6 is 0 Å². The van der Waals surface area contributed by atoms with Gasteiger partial charge >= 0.3 is 0 Å². The van der Waals surface area contributed by atoms with Crippen molar-refractivity contribution in [2.24, 2.45) is 0 Å². The van der Waals surface area contributed by atoms with E-state index in [1.807, 2.05) is 30.6 Å². The fourth-order valence-corrected chi connectivity index (χ4v) is 2.29. The fourth-order valence-electron chi connectivity index (χ4n) is 2.29. The predicted molar refractivity (Wildman–Crippen MR) is 82.3 cm³/mol. The Balaban J connectivity index is 1.85. The van der Waals surface area contributed by atoms with E-state index in [-0.39, 0.29) is 6.61 Å². The summed E-state index contributed by atoms with van der Waals surface area (Å²) in [6.07, 6.45) is 4.70. The maximum Gasteiger partial charge on any atom is 0.122 e. The second-order valence-corrected chi connectivity index (χ2v) is 5.13. The molecule has 1 aromatic heterocycles. The van der Waals surface area contributed by atoms with E-state index in [1.165, 1.54) is 5.56 Å². The lowest BCUT2D eigenvalue weighted by Gasteiger charge is -2.15. The normalized spacial score (nSPS) is 12.3. The van der Waals surface area contributed by atoms with Crippen molar-refractivity contribution < 1.29 is 9.84 Å². The molecule has 0 aliphatic carbocycles. The maximum atomic E-state index is 8.87. The second-order valence-electron chi connectivity index (χ2n) is 5.13. The van der Waals surface area contributed by atoms with Gasteiger partial charge in [-0.25, -0.2) is 0 Å². The zero-order chi connectivity index (χ0) is 15.1. The van der Waals surface area contributed by atoms with Crippen LogP contribution in [0.15, 0.2) is 36.7 Å². The molecule has 0 saturated carbocycles. The van der Waals surface area contributed by atoms with Crippen molar-refractivity contribution in [3.63, 3.8) is 0 Å². The zero-order valence-corrected chi connectivity index (χ0v) is 12.6. The summed E-state index contributed by atoms with van der Waals surface area (Å²) in [5, 5.41) is 16.5. The van der Waals surface area contributed by atoms with Gasteiger partial charge in [-0.15, -0.1) is 0 Å². The van der Waals surface area contributed by atoms with Crippen molar-refractivity contribution in [3.8, 4) is 5.75 Å². The molecule has 2 rings (SSSR count). The number of ether oxygens (including phenoxy) is 1. The molecular weight excluding hydrogens is 266 g/mol. The summed E-state index contributed by atoms with van der Waals surface area (Å²) < 4.78 is 7.13. The smallest absolute Gasteiger partial charge is 0.122 e. The molecule has 0 aliphatic rings. The monoisotopic (exact) mass is 289 g/mol. The van der Waals surface area contributed by atoms with Gasteiger partial charge in [0.1, 0.15) is 5.75 Å². The lowest BCUT2D eigenvalue weighted by atomic mass is 10.1. The quantitative estimate of drug-likeness (QED) is 0.775. The highest BCUT2D eigenvalue weighted by molar-refractivity contribution is 5.33. The third kappa shape index (κ3) is 4.58. The van der Waals surface area contributed by atoms with Crippen molar-refractivity contribution in [1.82, 2.24) is 15.1 Å². The predicted octanol–water partition coefficient (Wildman–Crippen LogP) is 1.60. The SMILES string of the molecule is COc1ccccc1CC(C)NCc1cnn(CCO)c1. The molecule has 21 heavy (non-hydrogen) atoms. The number of para-hydroxylation sites is 1. The first-order chi connectivity index (χ1) is 10.2. The first kappa shape index (κ1) is 15.5. The number of aliphatic hydroxyl groups excluding tert-OH is 1. The molecule has 0 fully saturated rings. The molecule has 2 aromatic rings. The number of hydrogen-bond acceptors (Lipinski definition) is 4. The van der Waals surface area contributed by atoms with Crippen molar-refractivity contribution >= 4 is 0 Å². The minimum Gasteiger partial charge on any atom is -0.496 e. The summed E-state index contributed by atoms with van der Waals surface area (Å²) in [6, 6.07) is 8.43. The van der Waals surface area contributed by atoms with Crippen LogP contribution in [0.25, 0.3) is 0 Å². The number of benzene rings is 1. The van der Waals surface area contributed by atoms with Gasteiger partial charge < -0.3 is 15.2 Å². The van der Waals surface area contributed by atoms with Crippen LogP contribution in [0.1, 0.15) is 18.1 Å². The molecule has 0 bridgehead atoms. The van der Waals surface area contributed by atoms with Crippen molar-refractivity contribution in [2.75, 3.05) is 13.7 Å². The van der Waals surface area contributed by atoms with Crippen molar-refractivity contribution in [1.29, 1.82) is 0 Å². The molecule has 5 nitrogen and oxygen atoms in total. The van der Waals surface area contributed by atoms with E-state index in [2.05, 4.69) is 23.4 Å². The minimum atomic E-state index is 0.110. The van der Waals surface area contributed by atoms with E-state index in [4.69, 9.17) is 9.84 Å². The van der Waals surface area contributed by atoms with Gasteiger partial charge in [0.15, 0.2) is 0 Å². The standard InChI is InChI=1S/C16H23N3O2/c1-13(9-15-5-3-4-6-16(15)21-2)17-10-14-11-18-19(12-14)7-8-20/h3-6,11-13,17,20H,7-10H2,1-2H3. The number of rotatable bonds is 8. The molecule has 114 valence electrons. The highest BCUT2D eigenvalue weighted by atomic mass is 16.5. The number of aliphatic hydroxyl groups is 1. The highest BCUT2D eigenvalue weighted by Crippen LogP contribution is 2.18. The topological polar surface area (TPSA) is 59.3 Å². The van der Waals surface area contributed by atoms with Gasteiger partial charge in [-0.05, 0) is 25.0 Å². The molecule has 0 radical (unpaired) electrons. The molecule has 0 saturated heterocycles. The van der Waals surface area contributed by atoms with E-state index < -0.39 is 0 Å². The maximum absolute atomic E-state index is 8.87. The summed E-state index contributed by atoms with van der Waals surface area (Å²) in [6.45, 7) is 3.57. The number of hydrogen-bond donors (Lipinski definition) is 2. The van der Waals surface area contributed by atoms with Crippen LogP contribution in [0.2, 0.25) is 0 Å². The highest BCUT2D eigenvalue weighted by Gasteiger charge is 2.08. The number of nitrogens with zero attached hydrogens (tertiary/aromatic N) is 2. The van der Waals surface area contributed by atoms with E-state index in [9.17, 15) is 0 Å². The lowest BCUT2D eigenvalue weighted by Crippen LogP contribution is -2.27. The van der Waals surface area contributed by atoms with Gasteiger partial charge in [-0.1, -0.05) is 18.2 Å². The van der Waals surface area contributed by atoms with Crippen molar-refractivity contribution in [3.05, 3.63) is 47.8 Å². The average Bonchev–Trinajstić information content (AvgIpc) is 2.94. The largest absolute Gasteiger partial charge is 0.496 e. The average molecular weight is 289 g/mol. The van der Waals surface area contributed by atoms with E-state index in [0.717, 1.165) is 24.3 Å². The molecule has 5 heteroatoms. The molecule has 1 heterocycles. The second kappa shape index (κ2) is 7.81. The summed E-state index contributed by atoms with van der Waals surface area (Å²) in [5.74, 6) is 0.932. The van der Waals surface area contributed by atoms with Gasteiger partial charge in [0.25, 0.3) is 0 Å². The summed E-state index contributed by atoms with van der Waals surface area (Å²) in [4.78, 5) is 0. The Labute approximate surface area is 125 Å². The number of aromatic nitrogens is 2. The van der Waals surface area contributed by atoms with Crippen LogP contribution in [0.5, 0.6) is 5.75 Å². The van der Waals surface area contributed by atoms with E-state index >= 15 is 0 Å². The van der Waals surface area contributed by atoms with Crippen LogP contribution in [-0.2, 0) is 19.5 Å². The fraction of sp³-hybridized carbons (Fsp3) is 0.438. The Hall–Kier alpha value is -1.85. The third-order valence-electron chi connectivity index (χ3n) is 3.39. The lowest BCUT2D eigenvalue weighted by molar-refractivity contribution is 0.269. The summed E-state index contributed by atoms with van der Waals surface area (Å²) in [7, 11) is 1.70. The minimum absolute atomic E-state index is 0.110. The first-order valence-corrected chi connectivity index (χ1v) is 7.20. The molecular formula is C16H23N3O2. The molecule has 1 atom stereocenters. The number of nitrogens with one attached hydrogen (secondary N) is 1. The van der Waals surface area contributed by atoms with Crippen LogP contribution < -0.4 is 10.1 Å². The Morgan fingerprint density at radius 3 is 2.95 bits per heavy atom. The van der Waals surface area contributed by atoms with Gasteiger partial charge in [-0.2, -0.15) is 5.10 Å². The molecule has 2 N–H and O–H groups in total. The van der Waals surface area contributed by atoms with Gasteiger partial charge in [-0.3, -0.25) is 4.68 Å². The van der Waals surface area contributed by atoms with Gasteiger partial charge in [0.05, 0.1) is 26.5 Å². The Morgan fingerprint density at radius 2 is 2.19 bits per heavy atom. The van der Waals surface area contributed by atoms with E-state index in [1.54, 1.807) is 11.8 Å². The first-order valence-electron chi connectivity index (χ1n) is 7.20. The molecule has 0 amide bonds. The molecule has 0 aliphatic heterocycles. The molecule has 1 unspecified atom stereocenters. The Morgan fingerprint density at radius 1 is 1.38 bits per heavy atom. The van der Waals surface area contributed by atoms with Crippen LogP contribution in [0.4, 0.5) is 0 Å². The zero-order valence-electron chi connectivity index (χ0n) is 12.6. The molecule has 0 spiro atoms. The summed E-state index contributed by atoms with van der Waals surface area (Å²) in [5.41, 5.74) is 2.33. The Bertz CT molecular complexity index is 554. The summed E-state index contributed by atoms with van der Waals surface area (Å²) >= 11 is 0. The van der Waals surface area contributed by atoms with Crippen LogP contribution in [0, 0.1) is 0 Å². The third-order valence-corrected chi connectivity index (χ3v) is 3.39. The van der Waals surface area contributed by atoms with E-state index in [0.29, 0.717) is 12.6 Å². The van der Waals surface area contributed by atoms with Gasteiger partial charge in [0.2, 0.25) is 0 Å². The number of methoxy groups -OCH3 is 1. The van der Waals surface area contributed by atoms with Gasteiger partial charge in [0, 0.05) is 24.3 Å². The molecule has 1 aromatic carbocycles.